The van der Waals surface area contributed by atoms with Crippen LogP contribution >= 0.6 is 0 Å². The number of quaternary nitrogens is 1. The first-order chi connectivity index (χ1) is 8.44. The molecule has 0 N–H and O–H groups in total. The van der Waals surface area contributed by atoms with Gasteiger partial charge >= 0.3 is 0 Å². The molecule has 2 heteroatoms. The van der Waals surface area contributed by atoms with Crippen LogP contribution in [0.2, 0.25) is 0 Å². The molecule has 106 valence electrons. The summed E-state index contributed by atoms with van der Waals surface area (Å²) in [5, 5.41) is 0. The van der Waals surface area contributed by atoms with Crippen molar-refractivity contribution in [2.24, 2.45) is 11.8 Å². The van der Waals surface area contributed by atoms with Crippen LogP contribution in [0, 0.1) is 11.8 Å². The zero-order valence-electron chi connectivity index (χ0n) is 13.2. The van der Waals surface area contributed by atoms with Gasteiger partial charge in [-0.3, -0.25) is 4.90 Å². The van der Waals surface area contributed by atoms with Crippen molar-refractivity contribution in [3.8, 4) is 0 Å². The molecule has 0 aromatic rings. The first kappa shape index (κ1) is 15.7. The zero-order valence-corrected chi connectivity index (χ0v) is 13.2. The third kappa shape index (κ3) is 4.10. The molecule has 1 rings (SSSR count). The molecule has 0 aromatic heterocycles. The molecule has 0 radical (unpaired) electrons. The van der Waals surface area contributed by atoms with E-state index in [0.717, 1.165) is 12.3 Å². The van der Waals surface area contributed by atoms with Crippen molar-refractivity contribution in [1.82, 2.24) is 4.90 Å². The minimum absolute atomic E-state index is 0.692. The van der Waals surface area contributed by atoms with Crippen LogP contribution in [-0.2, 0) is 0 Å². The fourth-order valence-electron chi connectivity index (χ4n) is 3.29. The summed E-state index contributed by atoms with van der Waals surface area (Å²) in [6.07, 6.45) is 2.42. The minimum Gasteiger partial charge on any atom is -0.313 e. The van der Waals surface area contributed by atoms with E-state index in [2.05, 4.69) is 46.2 Å². The van der Waals surface area contributed by atoms with Gasteiger partial charge in [0.15, 0.2) is 0 Å². The first-order valence-corrected chi connectivity index (χ1v) is 7.67. The Morgan fingerprint density at radius 1 is 1.39 bits per heavy atom. The van der Waals surface area contributed by atoms with Crippen LogP contribution in [0.1, 0.15) is 40.5 Å². The molecule has 0 aliphatic carbocycles. The second-order valence-electron chi connectivity index (χ2n) is 6.52. The van der Waals surface area contributed by atoms with E-state index in [0.29, 0.717) is 5.92 Å². The van der Waals surface area contributed by atoms with Crippen molar-refractivity contribution in [3.05, 3.63) is 12.2 Å². The molecule has 18 heavy (non-hydrogen) atoms. The topological polar surface area (TPSA) is 3.24 Å². The zero-order chi connectivity index (χ0) is 13.8. The van der Waals surface area contributed by atoms with E-state index in [9.17, 15) is 0 Å². The molecule has 3 unspecified atom stereocenters. The maximum atomic E-state index is 4.29. The quantitative estimate of drug-likeness (QED) is 0.518. The highest BCUT2D eigenvalue weighted by Gasteiger charge is 2.36. The molecular formula is C16H33N2+. The third-order valence-corrected chi connectivity index (χ3v) is 4.61. The molecule has 1 fully saturated rings. The van der Waals surface area contributed by atoms with Gasteiger partial charge in [-0.05, 0) is 12.8 Å². The fraction of sp³-hybridized carbons (Fsp3) is 0.875. The Morgan fingerprint density at radius 2 is 2.06 bits per heavy atom. The maximum absolute atomic E-state index is 4.29. The van der Waals surface area contributed by atoms with Gasteiger partial charge < -0.3 is 4.48 Å². The Morgan fingerprint density at radius 3 is 2.56 bits per heavy atom. The SMILES string of the molecule is C=C(CC)C1CN(CC)C[N+](C)(CC(C)CC)C1. The average molecular weight is 253 g/mol. The second-order valence-corrected chi connectivity index (χ2v) is 6.52. The van der Waals surface area contributed by atoms with Gasteiger partial charge in [0.1, 0.15) is 6.67 Å². The third-order valence-electron chi connectivity index (χ3n) is 4.61. The lowest BCUT2D eigenvalue weighted by atomic mass is 9.93. The lowest BCUT2D eigenvalue weighted by Gasteiger charge is -2.47. The van der Waals surface area contributed by atoms with Crippen molar-refractivity contribution in [2.75, 3.05) is 39.9 Å². The number of rotatable bonds is 6. The average Bonchev–Trinajstić information content (AvgIpc) is 2.36. The number of hydrogen-bond donors (Lipinski definition) is 0. The molecule has 1 aliphatic rings. The van der Waals surface area contributed by atoms with Crippen LogP contribution in [0.4, 0.5) is 0 Å². The lowest BCUT2D eigenvalue weighted by Crippen LogP contribution is -2.61. The van der Waals surface area contributed by atoms with Crippen LogP contribution in [0.15, 0.2) is 12.2 Å². The second kappa shape index (κ2) is 6.72. The molecule has 2 nitrogen and oxygen atoms in total. The van der Waals surface area contributed by atoms with E-state index < -0.39 is 0 Å². The standard InChI is InChI=1S/C16H33N2/c1-7-14(4)11-18(6)12-16(15(5)8-2)10-17(9-3)13-18/h14,16H,5,7-13H2,1-4,6H3/q+1. The Labute approximate surface area is 114 Å². The van der Waals surface area contributed by atoms with Gasteiger partial charge in [0, 0.05) is 24.9 Å². The van der Waals surface area contributed by atoms with Gasteiger partial charge in [0.05, 0.1) is 20.1 Å². The molecular weight excluding hydrogens is 220 g/mol. The van der Waals surface area contributed by atoms with Crippen LogP contribution in [0.5, 0.6) is 0 Å². The van der Waals surface area contributed by atoms with Crippen LogP contribution < -0.4 is 0 Å². The van der Waals surface area contributed by atoms with Gasteiger partial charge in [-0.2, -0.15) is 0 Å². The van der Waals surface area contributed by atoms with E-state index in [1.54, 1.807) is 0 Å². The largest absolute Gasteiger partial charge is 0.313 e. The van der Waals surface area contributed by atoms with E-state index >= 15 is 0 Å². The summed E-state index contributed by atoms with van der Waals surface area (Å²) in [5.41, 5.74) is 1.45. The number of hydrogen-bond acceptors (Lipinski definition) is 1. The van der Waals surface area contributed by atoms with E-state index in [1.165, 1.54) is 49.3 Å². The molecule has 1 saturated heterocycles. The van der Waals surface area contributed by atoms with Crippen LogP contribution in [0.3, 0.4) is 0 Å². The molecule has 0 aromatic carbocycles. The van der Waals surface area contributed by atoms with Gasteiger partial charge in [0.2, 0.25) is 0 Å². The van der Waals surface area contributed by atoms with Crippen LogP contribution in [0.25, 0.3) is 0 Å². The first-order valence-electron chi connectivity index (χ1n) is 7.67. The molecule has 0 spiro atoms. The van der Waals surface area contributed by atoms with E-state index in [4.69, 9.17) is 0 Å². The summed E-state index contributed by atoms with van der Waals surface area (Å²) >= 11 is 0. The molecule has 1 heterocycles. The van der Waals surface area contributed by atoms with Crippen LogP contribution in [-0.4, -0.2) is 49.3 Å². The van der Waals surface area contributed by atoms with Crippen molar-refractivity contribution in [3.63, 3.8) is 0 Å². The van der Waals surface area contributed by atoms with Gasteiger partial charge in [0.25, 0.3) is 0 Å². The Balaban J connectivity index is 2.75. The summed E-state index contributed by atoms with van der Waals surface area (Å²) in [4.78, 5) is 2.61. The Hall–Kier alpha value is -0.340. The molecule has 0 amide bonds. The predicted molar refractivity (Wildman–Crippen MR) is 80.4 cm³/mol. The predicted octanol–water partition coefficient (Wildman–Crippen LogP) is 3.35. The van der Waals surface area contributed by atoms with Crippen molar-refractivity contribution < 1.29 is 4.48 Å². The summed E-state index contributed by atoms with van der Waals surface area (Å²) in [6, 6.07) is 0. The highest BCUT2D eigenvalue weighted by atomic mass is 15.5. The van der Waals surface area contributed by atoms with Crippen molar-refractivity contribution in [2.45, 2.75) is 40.5 Å². The number of nitrogens with zero attached hydrogens (tertiary/aromatic N) is 2. The maximum Gasteiger partial charge on any atom is 0.134 e. The molecule has 0 bridgehead atoms. The smallest absolute Gasteiger partial charge is 0.134 e. The lowest BCUT2D eigenvalue weighted by molar-refractivity contribution is -0.930. The summed E-state index contributed by atoms with van der Waals surface area (Å²) in [7, 11) is 2.43. The van der Waals surface area contributed by atoms with Crippen molar-refractivity contribution in [1.29, 1.82) is 0 Å². The van der Waals surface area contributed by atoms with Gasteiger partial charge in [-0.1, -0.05) is 39.8 Å². The molecule has 3 atom stereocenters. The van der Waals surface area contributed by atoms with E-state index in [1.807, 2.05) is 0 Å². The highest BCUT2D eigenvalue weighted by molar-refractivity contribution is 5.01. The summed E-state index contributed by atoms with van der Waals surface area (Å²) in [6.45, 7) is 19.7. The minimum atomic E-state index is 0.692. The normalized spacial score (nSPS) is 31.3. The fourth-order valence-corrected chi connectivity index (χ4v) is 3.29. The van der Waals surface area contributed by atoms with Crippen molar-refractivity contribution >= 4 is 0 Å². The summed E-state index contributed by atoms with van der Waals surface area (Å²) in [5.74, 6) is 1.51. The Bertz CT molecular complexity index is 270. The highest BCUT2D eigenvalue weighted by Crippen LogP contribution is 2.26. The summed E-state index contributed by atoms with van der Waals surface area (Å²) < 4.78 is 1.20. The van der Waals surface area contributed by atoms with Gasteiger partial charge in [-0.15, -0.1) is 0 Å². The molecule has 0 saturated carbocycles. The van der Waals surface area contributed by atoms with Gasteiger partial charge in [-0.25, -0.2) is 0 Å². The Kier molecular flexibility index (Phi) is 5.87. The molecule has 1 aliphatic heterocycles. The van der Waals surface area contributed by atoms with E-state index in [-0.39, 0.29) is 0 Å². The monoisotopic (exact) mass is 253 g/mol.